The number of hydrogen-bond acceptors (Lipinski definition) is 2. The number of carboxylic acid groups (broad SMARTS) is 1. The molecule has 20 heavy (non-hydrogen) atoms. The van der Waals surface area contributed by atoms with Crippen LogP contribution in [0, 0.1) is 5.92 Å². The van der Waals surface area contributed by atoms with Crippen molar-refractivity contribution in [1.82, 2.24) is 4.90 Å². The van der Waals surface area contributed by atoms with E-state index in [1.165, 1.54) is 4.90 Å². The molecule has 110 valence electrons. The van der Waals surface area contributed by atoms with E-state index in [-0.39, 0.29) is 30.7 Å². The predicted molar refractivity (Wildman–Crippen MR) is 78.5 cm³/mol. The van der Waals surface area contributed by atoms with Crippen LogP contribution in [0.1, 0.15) is 38.2 Å². The van der Waals surface area contributed by atoms with E-state index in [0.717, 1.165) is 12.0 Å². The van der Waals surface area contributed by atoms with Crippen molar-refractivity contribution in [2.24, 2.45) is 5.92 Å². The molecule has 0 saturated carbocycles. The number of hydrogen-bond donors (Lipinski definition) is 1. The van der Waals surface area contributed by atoms with E-state index in [4.69, 9.17) is 5.11 Å². The number of benzene rings is 1. The molecule has 1 rings (SSSR count). The normalized spacial score (nSPS) is 13.6. The van der Waals surface area contributed by atoms with Gasteiger partial charge in [-0.3, -0.25) is 9.59 Å². The van der Waals surface area contributed by atoms with Crippen LogP contribution in [0.25, 0.3) is 0 Å². The lowest BCUT2D eigenvalue weighted by molar-refractivity contribution is -0.138. The molecule has 1 aromatic rings. The van der Waals surface area contributed by atoms with Gasteiger partial charge >= 0.3 is 5.97 Å². The van der Waals surface area contributed by atoms with E-state index in [1.54, 1.807) is 7.05 Å². The van der Waals surface area contributed by atoms with Crippen LogP contribution in [0.3, 0.4) is 0 Å². The lowest BCUT2D eigenvalue weighted by Crippen LogP contribution is -2.35. The van der Waals surface area contributed by atoms with Gasteiger partial charge in [-0.15, -0.1) is 0 Å². The van der Waals surface area contributed by atoms with E-state index in [0.29, 0.717) is 0 Å². The van der Waals surface area contributed by atoms with E-state index >= 15 is 0 Å². The van der Waals surface area contributed by atoms with Gasteiger partial charge in [0.2, 0.25) is 5.91 Å². The summed E-state index contributed by atoms with van der Waals surface area (Å²) >= 11 is 0. The van der Waals surface area contributed by atoms with E-state index in [1.807, 2.05) is 30.3 Å². The molecular formula is C16H23NO3. The molecule has 0 aliphatic rings. The first-order valence-electron chi connectivity index (χ1n) is 6.99. The summed E-state index contributed by atoms with van der Waals surface area (Å²) in [6.45, 7) is 4.36. The third-order valence-electron chi connectivity index (χ3n) is 3.68. The average molecular weight is 277 g/mol. The first-order chi connectivity index (χ1) is 9.47. The van der Waals surface area contributed by atoms with Crippen molar-refractivity contribution < 1.29 is 14.7 Å². The molecule has 0 aliphatic heterocycles. The van der Waals surface area contributed by atoms with Gasteiger partial charge in [0.25, 0.3) is 0 Å². The Hall–Kier alpha value is -1.84. The average Bonchev–Trinajstić information content (AvgIpc) is 2.45. The third kappa shape index (κ3) is 4.37. The van der Waals surface area contributed by atoms with Gasteiger partial charge in [-0.25, -0.2) is 0 Å². The van der Waals surface area contributed by atoms with Gasteiger partial charge in [0.05, 0.1) is 12.3 Å². The molecule has 1 N–H and O–H groups in total. The fourth-order valence-electron chi connectivity index (χ4n) is 2.22. The Morgan fingerprint density at radius 3 is 2.35 bits per heavy atom. The number of likely N-dealkylation sites (N-methyl/N-ethyl adjacent to an activating group) is 1. The Labute approximate surface area is 120 Å². The Kier molecular flexibility index (Phi) is 6.22. The second-order valence-electron chi connectivity index (χ2n) is 5.18. The summed E-state index contributed by atoms with van der Waals surface area (Å²) in [5.41, 5.74) is 0.994. The summed E-state index contributed by atoms with van der Waals surface area (Å²) in [6, 6.07) is 9.69. The summed E-state index contributed by atoms with van der Waals surface area (Å²) in [4.78, 5) is 24.7. The van der Waals surface area contributed by atoms with Gasteiger partial charge in [-0.05, 0) is 11.5 Å². The molecular weight excluding hydrogens is 254 g/mol. The topological polar surface area (TPSA) is 57.6 Å². The molecule has 1 aromatic carbocycles. The predicted octanol–water partition coefficient (Wildman–Crippen LogP) is 2.75. The molecule has 0 saturated heterocycles. The van der Waals surface area contributed by atoms with Gasteiger partial charge in [-0.1, -0.05) is 50.6 Å². The number of amides is 1. The molecule has 2 unspecified atom stereocenters. The second-order valence-corrected chi connectivity index (χ2v) is 5.18. The SMILES string of the molecule is CCC(C)C(C(=O)N(C)CCC(=O)O)c1ccccc1. The third-order valence-corrected chi connectivity index (χ3v) is 3.68. The van der Waals surface area contributed by atoms with Crippen molar-refractivity contribution in [3.63, 3.8) is 0 Å². The van der Waals surface area contributed by atoms with Crippen LogP contribution in [0.15, 0.2) is 30.3 Å². The largest absolute Gasteiger partial charge is 0.481 e. The molecule has 0 aliphatic carbocycles. The molecule has 4 nitrogen and oxygen atoms in total. The summed E-state index contributed by atoms with van der Waals surface area (Å²) in [5.74, 6) is -0.881. The maximum absolute atomic E-state index is 12.6. The van der Waals surface area contributed by atoms with Crippen molar-refractivity contribution in [3.8, 4) is 0 Å². The molecule has 0 heterocycles. The van der Waals surface area contributed by atoms with Crippen LogP contribution >= 0.6 is 0 Å². The first kappa shape index (κ1) is 16.2. The fraction of sp³-hybridized carbons (Fsp3) is 0.500. The molecule has 0 aromatic heterocycles. The number of carbonyl (C=O) groups excluding carboxylic acids is 1. The number of nitrogens with zero attached hydrogens (tertiary/aromatic N) is 1. The monoisotopic (exact) mass is 277 g/mol. The lowest BCUT2D eigenvalue weighted by atomic mass is 9.84. The number of rotatable bonds is 7. The van der Waals surface area contributed by atoms with Gasteiger partial charge in [0.1, 0.15) is 0 Å². The minimum atomic E-state index is -0.885. The van der Waals surface area contributed by atoms with Gasteiger partial charge in [0, 0.05) is 13.6 Å². The molecule has 0 bridgehead atoms. The molecule has 2 atom stereocenters. The van der Waals surface area contributed by atoms with Crippen molar-refractivity contribution in [2.75, 3.05) is 13.6 Å². The van der Waals surface area contributed by atoms with E-state index in [9.17, 15) is 9.59 Å². The zero-order valence-electron chi connectivity index (χ0n) is 12.4. The molecule has 0 fully saturated rings. The maximum Gasteiger partial charge on any atom is 0.305 e. The van der Waals surface area contributed by atoms with Crippen LogP contribution in [-0.2, 0) is 9.59 Å². The molecule has 0 spiro atoms. The van der Waals surface area contributed by atoms with Crippen LogP contribution in [0.4, 0.5) is 0 Å². The van der Waals surface area contributed by atoms with E-state index in [2.05, 4.69) is 13.8 Å². The van der Waals surface area contributed by atoms with Gasteiger partial charge in [-0.2, -0.15) is 0 Å². The Bertz CT molecular complexity index is 444. The van der Waals surface area contributed by atoms with Crippen molar-refractivity contribution in [3.05, 3.63) is 35.9 Å². The second kappa shape index (κ2) is 7.68. The van der Waals surface area contributed by atoms with Crippen LogP contribution in [-0.4, -0.2) is 35.5 Å². The van der Waals surface area contributed by atoms with Crippen LogP contribution in [0.2, 0.25) is 0 Å². The zero-order chi connectivity index (χ0) is 15.1. The number of carboxylic acids is 1. The number of aliphatic carboxylic acids is 1. The minimum Gasteiger partial charge on any atom is -0.481 e. The van der Waals surface area contributed by atoms with Gasteiger partial charge < -0.3 is 10.0 Å². The summed E-state index contributed by atoms with van der Waals surface area (Å²) in [6.07, 6.45) is 0.877. The highest BCUT2D eigenvalue weighted by Gasteiger charge is 2.28. The Morgan fingerprint density at radius 1 is 1.25 bits per heavy atom. The highest BCUT2D eigenvalue weighted by Crippen LogP contribution is 2.28. The van der Waals surface area contributed by atoms with Crippen molar-refractivity contribution in [2.45, 2.75) is 32.6 Å². The zero-order valence-corrected chi connectivity index (χ0v) is 12.4. The summed E-state index contributed by atoms with van der Waals surface area (Å²) in [5, 5.41) is 8.72. The smallest absolute Gasteiger partial charge is 0.305 e. The van der Waals surface area contributed by atoms with E-state index < -0.39 is 5.97 Å². The molecule has 1 amide bonds. The van der Waals surface area contributed by atoms with Crippen molar-refractivity contribution in [1.29, 1.82) is 0 Å². The maximum atomic E-state index is 12.6. The Balaban J connectivity index is 2.88. The first-order valence-corrected chi connectivity index (χ1v) is 6.99. The molecule has 4 heteroatoms. The molecule has 0 radical (unpaired) electrons. The van der Waals surface area contributed by atoms with Crippen LogP contribution in [0.5, 0.6) is 0 Å². The number of carbonyl (C=O) groups is 2. The lowest BCUT2D eigenvalue weighted by Gasteiger charge is -2.27. The fourth-order valence-corrected chi connectivity index (χ4v) is 2.22. The Morgan fingerprint density at radius 2 is 1.85 bits per heavy atom. The van der Waals surface area contributed by atoms with Crippen LogP contribution < -0.4 is 0 Å². The summed E-state index contributed by atoms with van der Waals surface area (Å²) < 4.78 is 0. The van der Waals surface area contributed by atoms with Gasteiger partial charge in [0.15, 0.2) is 0 Å². The highest BCUT2D eigenvalue weighted by molar-refractivity contribution is 5.84. The quantitative estimate of drug-likeness (QED) is 0.833. The van der Waals surface area contributed by atoms with Crippen molar-refractivity contribution >= 4 is 11.9 Å². The minimum absolute atomic E-state index is 0.00759. The standard InChI is InChI=1S/C16H23NO3/c1-4-12(2)15(13-8-6-5-7-9-13)16(20)17(3)11-10-14(18)19/h5-9,12,15H,4,10-11H2,1-3H3,(H,18,19). The summed E-state index contributed by atoms with van der Waals surface area (Å²) in [7, 11) is 1.67. The highest BCUT2D eigenvalue weighted by atomic mass is 16.4.